The Balaban J connectivity index is 1.96. The fraction of sp³-hybridized carbons (Fsp3) is 0.381. The zero-order valence-corrected chi connectivity index (χ0v) is 20.4. The first-order valence-corrected chi connectivity index (χ1v) is 11.7. The molecule has 0 aliphatic carbocycles. The highest BCUT2D eigenvalue weighted by atomic mass is 35.5. The first kappa shape index (κ1) is 24.7. The number of halogens is 1. The fourth-order valence-corrected chi connectivity index (χ4v) is 4.17. The summed E-state index contributed by atoms with van der Waals surface area (Å²) in [7, 11) is 3.87. The predicted octanol–water partition coefficient (Wildman–Crippen LogP) is 2.36. The van der Waals surface area contributed by atoms with E-state index in [1.807, 2.05) is 49.5 Å². The highest BCUT2D eigenvalue weighted by Gasteiger charge is 2.24. The molecule has 176 valence electrons. The number of benzene rings is 1. The number of nitrogens with zero attached hydrogens (tertiary/aromatic N) is 5. The lowest BCUT2D eigenvalue weighted by Crippen LogP contribution is -2.36. The third-order valence-electron chi connectivity index (χ3n) is 5.19. The predicted molar refractivity (Wildman–Crippen MR) is 130 cm³/mol. The Labute approximate surface area is 199 Å². The minimum atomic E-state index is -0.795. The highest BCUT2D eigenvalue weighted by molar-refractivity contribution is 7.99. The zero-order valence-electron chi connectivity index (χ0n) is 18.8. The van der Waals surface area contributed by atoms with Crippen molar-refractivity contribution in [2.45, 2.75) is 38.0 Å². The topological polar surface area (TPSA) is 132 Å². The number of aromatic nitrogens is 5. The number of thioether (sulfide) groups is 1. The van der Waals surface area contributed by atoms with Crippen LogP contribution in [0.15, 0.2) is 39.0 Å². The number of hydrogen-bond acceptors (Lipinski definition) is 8. The lowest BCUT2D eigenvalue weighted by Gasteiger charge is -2.20. The van der Waals surface area contributed by atoms with Crippen molar-refractivity contribution in [2.75, 3.05) is 25.6 Å². The number of carbonyl (C=O) groups excluding carboxylic acids is 1. The number of nitrogens with one attached hydrogen (secondary N) is 1. The number of carbonyl (C=O) groups is 1. The standard InChI is InChI=1S/C21H26ClN7O3S/c1-5-10-28-17(23)16(19(31)24-20(28)32)15(30)11-33-21-26-25-18(12(2)27(3)4)29(21)14-8-6-13(22)7-9-14/h6-9,12H,5,10-11,23H2,1-4H3,(H,24,31,32)/t12-/m1/s1. The summed E-state index contributed by atoms with van der Waals surface area (Å²) >= 11 is 7.18. The number of H-pyrrole nitrogens is 1. The molecule has 0 saturated carbocycles. The largest absolute Gasteiger partial charge is 0.384 e. The van der Waals surface area contributed by atoms with Gasteiger partial charge in [-0.3, -0.25) is 28.6 Å². The van der Waals surface area contributed by atoms with E-state index in [4.69, 9.17) is 17.3 Å². The Morgan fingerprint density at radius 1 is 1.24 bits per heavy atom. The van der Waals surface area contributed by atoms with Crippen molar-refractivity contribution >= 4 is 35.0 Å². The monoisotopic (exact) mass is 491 g/mol. The molecule has 0 fully saturated rings. The van der Waals surface area contributed by atoms with Gasteiger partial charge in [0.2, 0.25) is 0 Å². The van der Waals surface area contributed by atoms with Crippen molar-refractivity contribution in [3.05, 3.63) is 61.5 Å². The van der Waals surface area contributed by atoms with Gasteiger partial charge < -0.3 is 5.73 Å². The van der Waals surface area contributed by atoms with Gasteiger partial charge in [-0.15, -0.1) is 10.2 Å². The van der Waals surface area contributed by atoms with Crippen LogP contribution < -0.4 is 17.0 Å². The molecule has 0 spiro atoms. The molecule has 0 unspecified atom stereocenters. The minimum absolute atomic E-state index is 0.0608. The smallest absolute Gasteiger partial charge is 0.329 e. The van der Waals surface area contributed by atoms with Crippen molar-refractivity contribution < 1.29 is 4.79 Å². The van der Waals surface area contributed by atoms with Gasteiger partial charge in [0.15, 0.2) is 16.8 Å². The molecule has 0 saturated heterocycles. The van der Waals surface area contributed by atoms with Crippen LogP contribution in [0.1, 0.15) is 42.5 Å². The molecule has 0 aliphatic heterocycles. The van der Waals surface area contributed by atoms with E-state index in [1.165, 1.54) is 4.57 Å². The second-order valence-corrected chi connectivity index (χ2v) is 9.05. The molecule has 12 heteroatoms. The molecular weight excluding hydrogens is 466 g/mol. The Morgan fingerprint density at radius 2 is 1.91 bits per heavy atom. The second-order valence-electron chi connectivity index (χ2n) is 7.68. The highest BCUT2D eigenvalue weighted by Crippen LogP contribution is 2.28. The van der Waals surface area contributed by atoms with Gasteiger partial charge in [0, 0.05) is 17.3 Å². The average Bonchev–Trinajstić information content (AvgIpc) is 3.18. The summed E-state index contributed by atoms with van der Waals surface area (Å²) in [6.07, 6.45) is 0.621. The molecule has 0 radical (unpaired) electrons. The first-order valence-electron chi connectivity index (χ1n) is 10.3. The maximum Gasteiger partial charge on any atom is 0.329 e. The summed E-state index contributed by atoms with van der Waals surface area (Å²) in [5, 5.41) is 9.69. The first-order chi connectivity index (χ1) is 15.6. The summed E-state index contributed by atoms with van der Waals surface area (Å²) in [6, 6.07) is 7.14. The average molecular weight is 492 g/mol. The summed E-state index contributed by atoms with van der Waals surface area (Å²) < 4.78 is 3.05. The molecule has 0 aliphatic rings. The quantitative estimate of drug-likeness (QED) is 0.344. The molecule has 1 atom stereocenters. The summed E-state index contributed by atoms with van der Waals surface area (Å²) in [4.78, 5) is 41.5. The third-order valence-corrected chi connectivity index (χ3v) is 6.37. The molecule has 2 aromatic heterocycles. The molecule has 10 nitrogen and oxygen atoms in total. The molecule has 3 rings (SSSR count). The van der Waals surface area contributed by atoms with Gasteiger partial charge in [-0.25, -0.2) is 4.79 Å². The van der Waals surface area contributed by atoms with Crippen LogP contribution in [0, 0.1) is 0 Å². The molecule has 3 N–H and O–H groups in total. The Hall–Kier alpha value is -2.89. The lowest BCUT2D eigenvalue weighted by molar-refractivity contribution is 0.102. The van der Waals surface area contributed by atoms with Crippen LogP contribution in [0.2, 0.25) is 5.02 Å². The van der Waals surface area contributed by atoms with Crippen LogP contribution in [0.4, 0.5) is 5.82 Å². The van der Waals surface area contributed by atoms with Gasteiger partial charge in [-0.1, -0.05) is 30.3 Å². The lowest BCUT2D eigenvalue weighted by atomic mass is 10.2. The van der Waals surface area contributed by atoms with Crippen LogP contribution in [0.5, 0.6) is 0 Å². The van der Waals surface area contributed by atoms with E-state index in [9.17, 15) is 14.4 Å². The number of ketones is 1. The zero-order chi connectivity index (χ0) is 24.3. The molecule has 3 aromatic rings. The van der Waals surface area contributed by atoms with Crippen molar-refractivity contribution in [1.82, 2.24) is 29.2 Å². The Kier molecular flexibility index (Phi) is 7.77. The number of Topliss-reactive ketones (excluding diaryl/α,β-unsaturated/α-hetero) is 1. The molecule has 2 heterocycles. The van der Waals surface area contributed by atoms with Gasteiger partial charge >= 0.3 is 5.69 Å². The number of nitrogens with two attached hydrogens (primary N) is 1. The summed E-state index contributed by atoms with van der Waals surface area (Å²) in [6.45, 7) is 4.16. The summed E-state index contributed by atoms with van der Waals surface area (Å²) in [5.41, 5.74) is 5.15. The maximum absolute atomic E-state index is 12.9. The van der Waals surface area contributed by atoms with Gasteiger partial charge in [0.1, 0.15) is 11.4 Å². The van der Waals surface area contributed by atoms with Gasteiger partial charge in [-0.2, -0.15) is 0 Å². The molecule has 1 aromatic carbocycles. The number of nitrogen functional groups attached to an aromatic ring is 1. The maximum atomic E-state index is 12.9. The molecule has 0 bridgehead atoms. The van der Waals surface area contributed by atoms with Crippen molar-refractivity contribution in [2.24, 2.45) is 0 Å². The molecule has 33 heavy (non-hydrogen) atoms. The van der Waals surface area contributed by atoms with E-state index in [0.717, 1.165) is 17.4 Å². The van der Waals surface area contributed by atoms with E-state index < -0.39 is 17.0 Å². The number of hydrogen-bond donors (Lipinski definition) is 2. The van der Waals surface area contributed by atoms with Crippen LogP contribution in [-0.2, 0) is 6.54 Å². The minimum Gasteiger partial charge on any atom is -0.384 e. The number of rotatable bonds is 9. The third kappa shape index (κ3) is 5.21. The summed E-state index contributed by atoms with van der Waals surface area (Å²) in [5.74, 6) is -0.0560. The van der Waals surface area contributed by atoms with Crippen LogP contribution in [0.3, 0.4) is 0 Å². The number of anilines is 1. The fourth-order valence-electron chi connectivity index (χ4n) is 3.21. The molecular formula is C21H26ClN7O3S. The Morgan fingerprint density at radius 3 is 2.52 bits per heavy atom. The van der Waals surface area contributed by atoms with Crippen molar-refractivity contribution in [3.8, 4) is 5.69 Å². The van der Waals surface area contributed by atoms with Crippen LogP contribution >= 0.6 is 23.4 Å². The van der Waals surface area contributed by atoms with Gasteiger partial charge in [-0.05, 0) is 51.7 Å². The van der Waals surface area contributed by atoms with Gasteiger partial charge in [0.05, 0.1) is 11.8 Å². The van der Waals surface area contributed by atoms with Crippen molar-refractivity contribution in [1.29, 1.82) is 0 Å². The SMILES string of the molecule is CCCn1c(N)c(C(=O)CSc2nnc([C@@H](C)N(C)C)n2-c2ccc(Cl)cc2)c(=O)[nH]c1=O. The van der Waals surface area contributed by atoms with Gasteiger partial charge in [0.25, 0.3) is 5.56 Å². The Bertz CT molecular complexity index is 1260. The normalized spacial score (nSPS) is 12.3. The van der Waals surface area contributed by atoms with E-state index in [2.05, 4.69) is 15.2 Å². The van der Waals surface area contributed by atoms with Crippen LogP contribution in [-0.4, -0.2) is 54.8 Å². The van der Waals surface area contributed by atoms with E-state index in [-0.39, 0.29) is 23.2 Å². The van der Waals surface area contributed by atoms with E-state index in [0.29, 0.717) is 29.0 Å². The molecule has 0 amide bonds. The second kappa shape index (κ2) is 10.4. The van der Waals surface area contributed by atoms with E-state index in [1.54, 1.807) is 12.1 Å². The van der Waals surface area contributed by atoms with E-state index >= 15 is 0 Å². The van der Waals surface area contributed by atoms with Crippen molar-refractivity contribution in [3.63, 3.8) is 0 Å². The number of aromatic amines is 1. The van der Waals surface area contributed by atoms with Crippen LogP contribution in [0.25, 0.3) is 5.69 Å².